The van der Waals surface area contributed by atoms with Gasteiger partial charge in [0.15, 0.2) is 0 Å². The van der Waals surface area contributed by atoms with Crippen molar-refractivity contribution in [2.24, 2.45) is 0 Å². The quantitative estimate of drug-likeness (QED) is 0.128. The summed E-state index contributed by atoms with van der Waals surface area (Å²) < 4.78 is 5.51. The summed E-state index contributed by atoms with van der Waals surface area (Å²) in [7, 11) is 0. The van der Waals surface area contributed by atoms with E-state index < -0.39 is 17.8 Å². The third-order valence-electron chi connectivity index (χ3n) is 6.25. The molecular formula is C32H30N2O7. The first-order chi connectivity index (χ1) is 19.9. The summed E-state index contributed by atoms with van der Waals surface area (Å²) in [6, 6.07) is 28.8. The number of carboxylic acids is 2. The molecule has 0 unspecified atom stereocenters. The Labute approximate surface area is 237 Å². The van der Waals surface area contributed by atoms with E-state index in [2.05, 4.69) is 10.8 Å². The third kappa shape index (κ3) is 8.09. The molecule has 0 aliphatic heterocycles. The first-order valence-corrected chi connectivity index (χ1v) is 13.0. The number of hydrogen-bond donors (Lipinski definition) is 4. The van der Waals surface area contributed by atoms with Crippen molar-refractivity contribution in [3.05, 3.63) is 119 Å². The zero-order chi connectivity index (χ0) is 29.0. The van der Waals surface area contributed by atoms with Crippen LogP contribution >= 0.6 is 0 Å². The van der Waals surface area contributed by atoms with Crippen molar-refractivity contribution < 1.29 is 34.2 Å². The number of carbonyl (C=O) groups is 3. The van der Waals surface area contributed by atoms with Crippen LogP contribution in [0.25, 0.3) is 22.3 Å². The number of hydroxylamine groups is 1. The van der Waals surface area contributed by atoms with Crippen molar-refractivity contribution in [1.29, 1.82) is 0 Å². The highest BCUT2D eigenvalue weighted by atomic mass is 16.6. The maximum atomic E-state index is 12.7. The molecule has 0 aliphatic rings. The Balaban J connectivity index is 1.20. The maximum absolute atomic E-state index is 12.7. The first kappa shape index (κ1) is 29.2. The summed E-state index contributed by atoms with van der Waals surface area (Å²) in [4.78, 5) is 41.5. The Bertz CT molecular complexity index is 1490. The lowest BCUT2D eigenvalue weighted by atomic mass is 9.98. The van der Waals surface area contributed by atoms with Gasteiger partial charge in [0.2, 0.25) is 0 Å². The van der Waals surface area contributed by atoms with Gasteiger partial charge in [0, 0.05) is 13.1 Å². The second kappa shape index (κ2) is 14.5. The fourth-order valence-corrected chi connectivity index (χ4v) is 4.21. The van der Waals surface area contributed by atoms with Crippen molar-refractivity contribution in [2.75, 3.05) is 26.3 Å². The average Bonchev–Trinajstić information content (AvgIpc) is 3.00. The van der Waals surface area contributed by atoms with Gasteiger partial charge in [-0.25, -0.2) is 9.59 Å². The van der Waals surface area contributed by atoms with Crippen LogP contribution in [0.4, 0.5) is 0 Å². The molecule has 210 valence electrons. The third-order valence-corrected chi connectivity index (χ3v) is 6.25. The molecule has 9 nitrogen and oxygen atoms in total. The number of aromatic carboxylic acids is 2. The molecule has 0 atom stereocenters. The summed E-state index contributed by atoms with van der Waals surface area (Å²) in [5, 5.41) is 21.7. The highest BCUT2D eigenvalue weighted by Gasteiger charge is 2.17. The molecule has 9 heteroatoms. The van der Waals surface area contributed by atoms with Crippen LogP contribution in [0.15, 0.2) is 97.1 Å². The molecule has 0 radical (unpaired) electrons. The zero-order valence-electron chi connectivity index (χ0n) is 22.2. The predicted molar refractivity (Wildman–Crippen MR) is 154 cm³/mol. The molecule has 0 saturated heterocycles. The van der Waals surface area contributed by atoms with Crippen LogP contribution in [0.2, 0.25) is 0 Å². The van der Waals surface area contributed by atoms with Crippen LogP contribution in [0, 0.1) is 0 Å². The molecule has 4 aromatic rings. The van der Waals surface area contributed by atoms with Crippen LogP contribution in [0.5, 0.6) is 0 Å². The summed E-state index contributed by atoms with van der Waals surface area (Å²) >= 11 is 0. The number of nitrogens with one attached hydrogen (secondary N) is 2. The molecule has 4 aromatic carbocycles. The highest BCUT2D eigenvalue weighted by Crippen LogP contribution is 2.24. The van der Waals surface area contributed by atoms with Crippen LogP contribution < -0.4 is 10.8 Å². The van der Waals surface area contributed by atoms with Gasteiger partial charge in [-0.2, -0.15) is 5.48 Å². The SMILES string of the molecule is O=C(O)c1ccc(-c2ccccc2)cc1CONCCOCCNC(=O)c1cc(-c2ccccc2)ccc1C(=O)O. The average molecular weight is 555 g/mol. The number of carbonyl (C=O) groups excluding carboxylic acids is 1. The fourth-order valence-electron chi connectivity index (χ4n) is 4.21. The summed E-state index contributed by atoms with van der Waals surface area (Å²) in [6.45, 7) is 1.04. The molecule has 0 saturated carbocycles. The lowest BCUT2D eigenvalue weighted by molar-refractivity contribution is 0.00933. The van der Waals surface area contributed by atoms with Gasteiger partial charge in [0.1, 0.15) is 0 Å². The van der Waals surface area contributed by atoms with E-state index in [1.54, 1.807) is 30.3 Å². The molecule has 0 aliphatic carbocycles. The van der Waals surface area contributed by atoms with Crippen molar-refractivity contribution in [2.45, 2.75) is 6.61 Å². The van der Waals surface area contributed by atoms with E-state index in [1.165, 1.54) is 6.07 Å². The van der Waals surface area contributed by atoms with E-state index in [4.69, 9.17) is 9.57 Å². The Morgan fingerprint density at radius 3 is 1.78 bits per heavy atom. The van der Waals surface area contributed by atoms with Crippen LogP contribution in [-0.2, 0) is 16.2 Å². The number of rotatable bonds is 14. The number of benzene rings is 4. The molecule has 41 heavy (non-hydrogen) atoms. The topological polar surface area (TPSA) is 134 Å². The normalized spacial score (nSPS) is 10.7. The second-order valence-electron chi connectivity index (χ2n) is 9.03. The van der Waals surface area contributed by atoms with E-state index in [9.17, 15) is 24.6 Å². The van der Waals surface area contributed by atoms with E-state index in [-0.39, 0.29) is 43.1 Å². The van der Waals surface area contributed by atoms with Gasteiger partial charge in [0.05, 0.1) is 36.5 Å². The zero-order valence-corrected chi connectivity index (χ0v) is 22.2. The molecule has 0 heterocycles. The Morgan fingerprint density at radius 1 is 0.610 bits per heavy atom. The summed E-state index contributed by atoms with van der Waals surface area (Å²) in [6.07, 6.45) is 0. The number of ether oxygens (including phenoxy) is 1. The number of amides is 1. The number of hydrogen-bond acceptors (Lipinski definition) is 6. The van der Waals surface area contributed by atoms with Crippen LogP contribution in [-0.4, -0.2) is 54.4 Å². The van der Waals surface area contributed by atoms with Gasteiger partial charge in [0.25, 0.3) is 5.91 Å². The van der Waals surface area contributed by atoms with Crippen molar-refractivity contribution in [1.82, 2.24) is 10.8 Å². The smallest absolute Gasteiger partial charge is 0.336 e. The minimum atomic E-state index is -1.18. The van der Waals surface area contributed by atoms with Crippen molar-refractivity contribution in [3.8, 4) is 22.3 Å². The van der Waals surface area contributed by atoms with Gasteiger partial charge in [-0.05, 0) is 52.1 Å². The predicted octanol–water partition coefficient (Wildman–Crippen LogP) is 4.88. The molecular weight excluding hydrogens is 524 g/mol. The van der Waals surface area contributed by atoms with Gasteiger partial charge in [-0.15, -0.1) is 0 Å². The molecule has 1 amide bonds. The van der Waals surface area contributed by atoms with Gasteiger partial charge >= 0.3 is 11.9 Å². The van der Waals surface area contributed by atoms with Gasteiger partial charge in [-0.1, -0.05) is 72.8 Å². The minimum Gasteiger partial charge on any atom is -0.478 e. The standard InChI is InChI=1S/C32H30N2O7/c35-30(29-20-25(12-14-28(29)32(38)39)23-9-5-2-6-10-23)33-15-17-40-18-16-34-41-21-26-19-24(11-13-27(26)31(36)37)22-7-3-1-4-8-22/h1-14,19-20,34H,15-18,21H2,(H,33,35)(H,36,37)(H,38,39). The maximum Gasteiger partial charge on any atom is 0.336 e. The Kier molecular flexibility index (Phi) is 10.3. The molecule has 4 rings (SSSR count). The molecule has 0 bridgehead atoms. The van der Waals surface area contributed by atoms with E-state index in [0.29, 0.717) is 12.1 Å². The van der Waals surface area contributed by atoms with Gasteiger partial charge < -0.3 is 20.3 Å². The van der Waals surface area contributed by atoms with Gasteiger partial charge in [-0.3, -0.25) is 9.63 Å². The molecule has 0 aromatic heterocycles. The van der Waals surface area contributed by atoms with E-state index in [1.807, 2.05) is 60.7 Å². The lowest BCUT2D eigenvalue weighted by Crippen LogP contribution is -2.29. The Morgan fingerprint density at radius 2 is 1.17 bits per heavy atom. The Hall–Kier alpha value is -4.83. The highest BCUT2D eigenvalue weighted by molar-refractivity contribution is 6.05. The number of carboxylic acid groups (broad SMARTS) is 2. The summed E-state index contributed by atoms with van der Waals surface area (Å²) in [5.74, 6) is -2.72. The van der Waals surface area contributed by atoms with Crippen LogP contribution in [0.1, 0.15) is 36.6 Å². The molecule has 0 fully saturated rings. The monoisotopic (exact) mass is 554 g/mol. The minimum absolute atomic E-state index is 0.0479. The molecule has 0 spiro atoms. The summed E-state index contributed by atoms with van der Waals surface area (Å²) in [5.41, 5.74) is 6.93. The largest absolute Gasteiger partial charge is 0.478 e. The second-order valence-corrected chi connectivity index (χ2v) is 9.03. The fraction of sp³-hybridized carbons (Fsp3) is 0.156. The van der Waals surface area contributed by atoms with E-state index >= 15 is 0 Å². The van der Waals surface area contributed by atoms with Crippen molar-refractivity contribution >= 4 is 17.8 Å². The van der Waals surface area contributed by atoms with E-state index in [0.717, 1.165) is 22.3 Å². The van der Waals surface area contributed by atoms with Crippen LogP contribution in [0.3, 0.4) is 0 Å². The first-order valence-electron chi connectivity index (χ1n) is 13.0. The van der Waals surface area contributed by atoms with Crippen molar-refractivity contribution in [3.63, 3.8) is 0 Å². The molecule has 4 N–H and O–H groups in total. The lowest BCUT2D eigenvalue weighted by Gasteiger charge is -2.12.